The first kappa shape index (κ1) is 10.6. The van der Waals surface area contributed by atoms with Crippen molar-refractivity contribution in [2.45, 2.75) is 20.1 Å². The number of ether oxygens (including phenoxy) is 1. The molecule has 14 heavy (non-hydrogen) atoms. The van der Waals surface area contributed by atoms with Crippen molar-refractivity contribution < 1.29 is 9.13 Å². The van der Waals surface area contributed by atoms with Crippen LogP contribution in [0.5, 0.6) is 0 Å². The van der Waals surface area contributed by atoms with Crippen molar-refractivity contribution in [3.63, 3.8) is 0 Å². The Hall–Kier alpha value is -1.43. The number of H-pyrrole nitrogens is 1. The highest BCUT2D eigenvalue weighted by atomic mass is 19.1. The molecule has 1 aromatic rings. The molecule has 0 amide bonds. The molecule has 0 spiro atoms. The smallest absolute Gasteiger partial charge is 0.330 e. The van der Waals surface area contributed by atoms with Crippen LogP contribution < -0.4 is 11.2 Å². The summed E-state index contributed by atoms with van der Waals surface area (Å²) in [5.41, 5.74) is -1.70. The van der Waals surface area contributed by atoms with Crippen molar-refractivity contribution in [1.29, 1.82) is 0 Å². The summed E-state index contributed by atoms with van der Waals surface area (Å²) >= 11 is 0. The van der Waals surface area contributed by atoms with Crippen LogP contribution in [0.3, 0.4) is 0 Å². The summed E-state index contributed by atoms with van der Waals surface area (Å²) in [5, 5.41) is 0. The van der Waals surface area contributed by atoms with Gasteiger partial charge in [0, 0.05) is 6.61 Å². The molecular weight excluding hydrogens is 191 g/mol. The van der Waals surface area contributed by atoms with Crippen LogP contribution in [0.4, 0.5) is 4.39 Å². The number of hydrogen-bond acceptors (Lipinski definition) is 3. The van der Waals surface area contributed by atoms with Gasteiger partial charge >= 0.3 is 5.69 Å². The number of aromatic amines is 1. The average Bonchev–Trinajstić information content (AvgIpc) is 2.11. The molecule has 0 aromatic carbocycles. The lowest BCUT2D eigenvalue weighted by atomic mass is 10.5. The molecule has 5 nitrogen and oxygen atoms in total. The Labute approximate surface area is 79.1 Å². The van der Waals surface area contributed by atoms with Gasteiger partial charge in [-0.15, -0.1) is 0 Å². The van der Waals surface area contributed by atoms with E-state index in [4.69, 9.17) is 4.74 Å². The Balaban J connectivity index is 3.16. The van der Waals surface area contributed by atoms with Gasteiger partial charge in [0.1, 0.15) is 6.23 Å². The number of nitrogens with zero attached hydrogens (tertiary/aromatic N) is 1. The van der Waals surface area contributed by atoms with Gasteiger partial charge in [-0.25, -0.2) is 4.79 Å². The lowest BCUT2D eigenvalue weighted by Crippen LogP contribution is -2.33. The van der Waals surface area contributed by atoms with Gasteiger partial charge in [0.05, 0.1) is 6.20 Å². The van der Waals surface area contributed by atoms with Crippen LogP contribution in [0.25, 0.3) is 0 Å². The highest BCUT2D eigenvalue weighted by Crippen LogP contribution is 2.02. The molecule has 1 rings (SSSR count). The van der Waals surface area contributed by atoms with Crippen molar-refractivity contribution in [1.82, 2.24) is 9.55 Å². The molecule has 0 aliphatic heterocycles. The molecule has 78 valence electrons. The molecule has 0 saturated heterocycles. The van der Waals surface area contributed by atoms with Crippen LogP contribution >= 0.6 is 0 Å². The number of halogens is 1. The van der Waals surface area contributed by atoms with E-state index in [0.717, 1.165) is 10.8 Å². The summed E-state index contributed by atoms with van der Waals surface area (Å²) in [7, 11) is 0. The molecule has 1 N–H and O–H groups in total. The van der Waals surface area contributed by atoms with Crippen molar-refractivity contribution in [2.75, 3.05) is 6.61 Å². The topological polar surface area (TPSA) is 64.1 Å². The van der Waals surface area contributed by atoms with Gasteiger partial charge in [0.2, 0.25) is 5.82 Å². The van der Waals surface area contributed by atoms with E-state index in [-0.39, 0.29) is 0 Å². The molecule has 0 aliphatic carbocycles. The molecule has 0 radical (unpaired) electrons. The standard InChI is InChI=1S/C8H11FN2O3/c1-3-14-5(2)11-4-6(9)7(12)10-8(11)13/h4-5H,3H2,1-2H3,(H,10,12,13)/t5-/m0/s1. The predicted octanol–water partition coefficient (Wildman–Crippen LogP) is 0.231. The minimum Gasteiger partial charge on any atom is -0.358 e. The fourth-order valence-electron chi connectivity index (χ4n) is 1.05. The first-order valence-electron chi connectivity index (χ1n) is 4.18. The Morgan fingerprint density at radius 3 is 2.86 bits per heavy atom. The van der Waals surface area contributed by atoms with E-state index in [1.165, 1.54) is 0 Å². The zero-order valence-electron chi connectivity index (χ0n) is 7.91. The number of aromatic nitrogens is 2. The molecule has 0 aliphatic rings. The molecule has 0 unspecified atom stereocenters. The summed E-state index contributed by atoms with van der Waals surface area (Å²) < 4.78 is 18.9. The van der Waals surface area contributed by atoms with Crippen LogP contribution in [-0.4, -0.2) is 16.2 Å². The number of rotatable bonds is 3. The fourth-order valence-corrected chi connectivity index (χ4v) is 1.05. The summed E-state index contributed by atoms with van der Waals surface area (Å²) in [5.74, 6) is -1.00. The Morgan fingerprint density at radius 1 is 1.64 bits per heavy atom. The highest BCUT2D eigenvalue weighted by Gasteiger charge is 2.09. The van der Waals surface area contributed by atoms with Crippen LogP contribution in [-0.2, 0) is 4.74 Å². The Morgan fingerprint density at radius 2 is 2.29 bits per heavy atom. The number of hydrogen-bond donors (Lipinski definition) is 1. The largest absolute Gasteiger partial charge is 0.358 e. The van der Waals surface area contributed by atoms with E-state index in [1.807, 2.05) is 4.98 Å². The van der Waals surface area contributed by atoms with Gasteiger partial charge in [-0.1, -0.05) is 0 Å². The van der Waals surface area contributed by atoms with Crippen molar-refractivity contribution in [3.05, 3.63) is 32.9 Å². The quantitative estimate of drug-likeness (QED) is 0.763. The van der Waals surface area contributed by atoms with Gasteiger partial charge < -0.3 is 4.74 Å². The van der Waals surface area contributed by atoms with E-state index >= 15 is 0 Å². The van der Waals surface area contributed by atoms with Gasteiger partial charge in [-0.05, 0) is 13.8 Å². The average molecular weight is 202 g/mol. The highest BCUT2D eigenvalue weighted by molar-refractivity contribution is 4.87. The molecule has 1 atom stereocenters. The van der Waals surface area contributed by atoms with Crippen LogP contribution in [0.1, 0.15) is 20.1 Å². The maximum absolute atomic E-state index is 12.8. The maximum atomic E-state index is 12.8. The predicted molar refractivity (Wildman–Crippen MR) is 47.6 cm³/mol. The maximum Gasteiger partial charge on any atom is 0.330 e. The molecule has 0 saturated carbocycles. The van der Waals surface area contributed by atoms with E-state index < -0.39 is 23.3 Å². The molecule has 1 heterocycles. The van der Waals surface area contributed by atoms with Crippen LogP contribution in [0.15, 0.2) is 15.8 Å². The summed E-state index contributed by atoms with van der Waals surface area (Å²) in [6.45, 7) is 3.74. The molecule has 0 fully saturated rings. The first-order chi connectivity index (χ1) is 6.56. The van der Waals surface area contributed by atoms with Crippen molar-refractivity contribution in [2.24, 2.45) is 0 Å². The van der Waals surface area contributed by atoms with Gasteiger partial charge in [0.15, 0.2) is 0 Å². The molecule has 0 bridgehead atoms. The normalized spacial score (nSPS) is 12.8. The third-order valence-corrected chi connectivity index (χ3v) is 1.72. The summed E-state index contributed by atoms with van der Waals surface area (Å²) in [4.78, 5) is 23.7. The fraction of sp³-hybridized carbons (Fsp3) is 0.500. The SMILES string of the molecule is CCO[C@@H](C)n1cc(F)c(=O)[nH]c1=O. The van der Waals surface area contributed by atoms with Crippen molar-refractivity contribution >= 4 is 0 Å². The zero-order chi connectivity index (χ0) is 10.7. The first-order valence-corrected chi connectivity index (χ1v) is 4.18. The van der Waals surface area contributed by atoms with Crippen molar-refractivity contribution in [3.8, 4) is 0 Å². The lowest BCUT2D eigenvalue weighted by Gasteiger charge is -2.13. The molecular formula is C8H11FN2O3. The third kappa shape index (κ3) is 2.08. The van der Waals surface area contributed by atoms with Gasteiger partial charge in [-0.3, -0.25) is 14.3 Å². The molecule has 6 heteroatoms. The minimum atomic E-state index is -1.02. The minimum absolute atomic E-state index is 0.397. The van der Waals surface area contributed by atoms with Crippen LogP contribution in [0.2, 0.25) is 0 Å². The summed E-state index contributed by atoms with van der Waals surface area (Å²) in [6, 6.07) is 0. The van der Waals surface area contributed by atoms with E-state index in [9.17, 15) is 14.0 Å². The summed E-state index contributed by atoms with van der Waals surface area (Å²) in [6.07, 6.45) is 0.237. The van der Waals surface area contributed by atoms with E-state index in [1.54, 1.807) is 13.8 Å². The van der Waals surface area contributed by atoms with Crippen LogP contribution in [0, 0.1) is 5.82 Å². The second-order valence-electron chi connectivity index (χ2n) is 2.70. The monoisotopic (exact) mass is 202 g/mol. The van der Waals surface area contributed by atoms with Gasteiger partial charge in [0.25, 0.3) is 5.56 Å². The molecule has 1 aromatic heterocycles. The lowest BCUT2D eigenvalue weighted by molar-refractivity contribution is 0.0205. The third-order valence-electron chi connectivity index (χ3n) is 1.72. The van der Waals surface area contributed by atoms with Gasteiger partial charge in [-0.2, -0.15) is 4.39 Å². The second-order valence-corrected chi connectivity index (χ2v) is 2.70. The number of nitrogens with one attached hydrogen (secondary N) is 1. The van der Waals surface area contributed by atoms with E-state index in [0.29, 0.717) is 6.61 Å². The zero-order valence-corrected chi connectivity index (χ0v) is 7.91. The Bertz CT molecular complexity index is 423. The Kier molecular flexibility index (Phi) is 3.19. The second kappa shape index (κ2) is 4.19. The van der Waals surface area contributed by atoms with E-state index in [2.05, 4.69) is 0 Å².